The number of aromatic nitrogens is 2. The first-order chi connectivity index (χ1) is 9.56. The van der Waals surface area contributed by atoms with Crippen molar-refractivity contribution in [2.75, 3.05) is 7.11 Å². The predicted molar refractivity (Wildman–Crippen MR) is 81.2 cm³/mol. The number of hydrogen-bond acceptors (Lipinski definition) is 3. The van der Waals surface area contributed by atoms with Gasteiger partial charge < -0.3 is 10.5 Å². The van der Waals surface area contributed by atoms with Gasteiger partial charge in [0, 0.05) is 19.5 Å². The third kappa shape index (κ3) is 2.97. The van der Waals surface area contributed by atoms with Crippen LogP contribution in [-0.4, -0.2) is 16.9 Å². The largest absolute Gasteiger partial charge is 0.497 e. The van der Waals surface area contributed by atoms with Crippen LogP contribution >= 0.6 is 11.6 Å². The lowest BCUT2D eigenvalue weighted by Gasteiger charge is -2.13. The zero-order valence-corrected chi connectivity index (χ0v) is 12.8. The molecule has 1 aromatic carbocycles. The Labute approximate surface area is 124 Å². The van der Waals surface area contributed by atoms with Gasteiger partial charge in [-0.2, -0.15) is 5.10 Å². The lowest BCUT2D eigenvalue weighted by molar-refractivity contribution is 0.414. The molecular formula is C15H20ClN3O. The molecule has 0 radical (unpaired) electrons. The summed E-state index contributed by atoms with van der Waals surface area (Å²) in [7, 11) is 3.55. The highest BCUT2D eigenvalue weighted by molar-refractivity contribution is 6.31. The van der Waals surface area contributed by atoms with E-state index in [4.69, 9.17) is 22.1 Å². The Balaban J connectivity index is 2.18. The van der Waals surface area contributed by atoms with Crippen molar-refractivity contribution in [3.8, 4) is 5.75 Å². The standard InChI is InChI=1S/C15H20ClN3O/c1-4-13-15(16)14(19(2)18-13)9-12(17)10-5-7-11(20-3)8-6-10/h5-8,12H,4,9,17H2,1-3H3. The van der Waals surface area contributed by atoms with Gasteiger partial charge in [0.05, 0.1) is 23.5 Å². The van der Waals surface area contributed by atoms with Crippen LogP contribution in [0.1, 0.15) is 29.9 Å². The fraction of sp³-hybridized carbons (Fsp3) is 0.400. The van der Waals surface area contributed by atoms with Crippen molar-refractivity contribution in [1.29, 1.82) is 0 Å². The summed E-state index contributed by atoms with van der Waals surface area (Å²) in [6.07, 6.45) is 1.49. The van der Waals surface area contributed by atoms with E-state index in [-0.39, 0.29) is 6.04 Å². The molecule has 0 aliphatic rings. The molecule has 0 saturated carbocycles. The van der Waals surface area contributed by atoms with E-state index in [0.717, 1.165) is 34.1 Å². The lowest BCUT2D eigenvalue weighted by Crippen LogP contribution is -2.15. The third-order valence-corrected chi connectivity index (χ3v) is 3.90. The number of methoxy groups -OCH3 is 1. The van der Waals surface area contributed by atoms with Gasteiger partial charge in [-0.25, -0.2) is 0 Å². The number of halogens is 1. The highest BCUT2D eigenvalue weighted by atomic mass is 35.5. The molecule has 2 N–H and O–H groups in total. The van der Waals surface area contributed by atoms with Crippen LogP contribution in [0.2, 0.25) is 5.02 Å². The van der Waals surface area contributed by atoms with Gasteiger partial charge in [0.2, 0.25) is 0 Å². The first-order valence-corrected chi connectivity index (χ1v) is 7.04. The molecule has 2 aromatic rings. The molecular weight excluding hydrogens is 274 g/mol. The number of nitrogens with zero attached hydrogens (tertiary/aromatic N) is 2. The van der Waals surface area contributed by atoms with Gasteiger partial charge in [-0.3, -0.25) is 4.68 Å². The maximum Gasteiger partial charge on any atom is 0.118 e. The Morgan fingerprint density at radius 3 is 2.50 bits per heavy atom. The van der Waals surface area contributed by atoms with E-state index in [1.807, 2.05) is 42.9 Å². The molecule has 5 heteroatoms. The van der Waals surface area contributed by atoms with Gasteiger partial charge in [0.25, 0.3) is 0 Å². The highest BCUT2D eigenvalue weighted by Crippen LogP contribution is 2.26. The van der Waals surface area contributed by atoms with Crippen LogP contribution in [-0.2, 0) is 19.9 Å². The Hall–Kier alpha value is -1.52. The van der Waals surface area contributed by atoms with Crippen molar-refractivity contribution in [2.45, 2.75) is 25.8 Å². The summed E-state index contributed by atoms with van der Waals surface area (Å²) < 4.78 is 6.97. The first-order valence-electron chi connectivity index (χ1n) is 6.66. The molecule has 20 heavy (non-hydrogen) atoms. The van der Waals surface area contributed by atoms with Crippen LogP contribution in [0.25, 0.3) is 0 Å². The molecule has 0 aliphatic heterocycles. The Morgan fingerprint density at radius 2 is 2.00 bits per heavy atom. The number of rotatable bonds is 5. The van der Waals surface area contributed by atoms with E-state index in [9.17, 15) is 0 Å². The summed E-state index contributed by atoms with van der Waals surface area (Å²) in [6, 6.07) is 7.68. The van der Waals surface area contributed by atoms with E-state index >= 15 is 0 Å². The minimum absolute atomic E-state index is 0.112. The molecule has 4 nitrogen and oxygen atoms in total. The van der Waals surface area contributed by atoms with Crippen molar-refractivity contribution in [1.82, 2.24) is 9.78 Å². The Morgan fingerprint density at radius 1 is 1.35 bits per heavy atom. The summed E-state index contributed by atoms with van der Waals surface area (Å²) in [4.78, 5) is 0. The van der Waals surface area contributed by atoms with E-state index < -0.39 is 0 Å². The highest BCUT2D eigenvalue weighted by Gasteiger charge is 2.16. The van der Waals surface area contributed by atoms with Crippen molar-refractivity contribution < 1.29 is 4.74 Å². The Bertz CT molecular complexity index is 578. The second-order valence-corrected chi connectivity index (χ2v) is 5.15. The summed E-state index contributed by atoms with van der Waals surface area (Å²) in [5, 5.41) is 5.15. The monoisotopic (exact) mass is 293 g/mol. The quantitative estimate of drug-likeness (QED) is 0.922. The molecule has 2 rings (SSSR count). The molecule has 108 valence electrons. The summed E-state index contributed by atoms with van der Waals surface area (Å²) >= 11 is 6.35. The minimum atomic E-state index is -0.112. The summed E-state index contributed by atoms with van der Waals surface area (Å²) in [5.41, 5.74) is 9.22. The number of benzene rings is 1. The van der Waals surface area contributed by atoms with Crippen molar-refractivity contribution in [2.24, 2.45) is 12.8 Å². The normalized spacial score (nSPS) is 12.4. The van der Waals surface area contributed by atoms with E-state index in [0.29, 0.717) is 6.42 Å². The second kappa shape index (κ2) is 6.29. The Kier molecular flexibility index (Phi) is 4.68. The van der Waals surface area contributed by atoms with Gasteiger partial charge in [-0.1, -0.05) is 30.7 Å². The first kappa shape index (κ1) is 14.9. The average molecular weight is 294 g/mol. The van der Waals surface area contributed by atoms with Crippen LogP contribution in [0.3, 0.4) is 0 Å². The molecule has 1 unspecified atom stereocenters. The van der Waals surface area contributed by atoms with Crippen molar-refractivity contribution in [3.63, 3.8) is 0 Å². The van der Waals surface area contributed by atoms with Crippen LogP contribution < -0.4 is 10.5 Å². The summed E-state index contributed by atoms with van der Waals surface area (Å²) in [6.45, 7) is 2.04. The molecule has 1 heterocycles. The van der Waals surface area contributed by atoms with Gasteiger partial charge in [0.1, 0.15) is 5.75 Å². The van der Waals surface area contributed by atoms with Gasteiger partial charge >= 0.3 is 0 Å². The van der Waals surface area contributed by atoms with E-state index in [2.05, 4.69) is 5.10 Å². The minimum Gasteiger partial charge on any atom is -0.497 e. The SMILES string of the molecule is CCc1nn(C)c(CC(N)c2ccc(OC)cc2)c1Cl. The number of nitrogens with two attached hydrogens (primary N) is 1. The van der Waals surface area contributed by atoms with E-state index in [1.54, 1.807) is 7.11 Å². The second-order valence-electron chi connectivity index (χ2n) is 4.77. The van der Waals surface area contributed by atoms with Gasteiger partial charge in [-0.15, -0.1) is 0 Å². The summed E-state index contributed by atoms with van der Waals surface area (Å²) in [5.74, 6) is 0.827. The van der Waals surface area contributed by atoms with Crippen molar-refractivity contribution >= 4 is 11.6 Å². The molecule has 0 aliphatic carbocycles. The van der Waals surface area contributed by atoms with Crippen LogP contribution in [0.15, 0.2) is 24.3 Å². The number of aryl methyl sites for hydroxylation is 2. The lowest BCUT2D eigenvalue weighted by atomic mass is 10.0. The number of ether oxygens (including phenoxy) is 1. The third-order valence-electron chi connectivity index (χ3n) is 3.46. The molecule has 0 amide bonds. The van der Waals surface area contributed by atoms with Gasteiger partial charge in [-0.05, 0) is 24.1 Å². The van der Waals surface area contributed by atoms with Crippen LogP contribution in [0.4, 0.5) is 0 Å². The maximum absolute atomic E-state index is 6.35. The van der Waals surface area contributed by atoms with E-state index in [1.165, 1.54) is 0 Å². The molecule has 0 fully saturated rings. The van der Waals surface area contributed by atoms with Gasteiger partial charge in [0.15, 0.2) is 0 Å². The fourth-order valence-electron chi connectivity index (χ4n) is 2.22. The molecule has 0 spiro atoms. The van der Waals surface area contributed by atoms with Crippen LogP contribution in [0.5, 0.6) is 5.75 Å². The molecule has 0 bridgehead atoms. The fourth-order valence-corrected chi connectivity index (χ4v) is 2.59. The number of hydrogen-bond donors (Lipinski definition) is 1. The molecule has 0 saturated heterocycles. The maximum atomic E-state index is 6.35. The zero-order valence-electron chi connectivity index (χ0n) is 12.1. The average Bonchev–Trinajstić information content (AvgIpc) is 2.74. The zero-order chi connectivity index (χ0) is 14.7. The molecule has 1 aromatic heterocycles. The topological polar surface area (TPSA) is 53.1 Å². The smallest absolute Gasteiger partial charge is 0.118 e. The van der Waals surface area contributed by atoms with Crippen LogP contribution in [0, 0.1) is 0 Å². The van der Waals surface area contributed by atoms with Crippen molar-refractivity contribution in [3.05, 3.63) is 46.2 Å². The predicted octanol–water partition coefficient (Wildman–Crippen LogP) is 2.89. The molecule has 1 atom stereocenters.